The molecule has 0 saturated heterocycles. The molecule has 0 aliphatic rings. The van der Waals surface area contributed by atoms with Crippen LogP contribution in [0.25, 0.3) is 0 Å². The number of pyridine rings is 5. The zero-order chi connectivity index (χ0) is 89.6. The molecule has 6 aromatic rings. The van der Waals surface area contributed by atoms with E-state index in [1.165, 1.54) is 81.6 Å². The van der Waals surface area contributed by atoms with Crippen molar-refractivity contribution in [3.8, 4) is 5.88 Å². The summed E-state index contributed by atoms with van der Waals surface area (Å²) in [5, 5.41) is 0. The molecule has 0 aliphatic heterocycles. The van der Waals surface area contributed by atoms with Crippen molar-refractivity contribution in [1.29, 1.82) is 0 Å². The highest BCUT2D eigenvalue weighted by atomic mass is 32.2. The summed E-state index contributed by atoms with van der Waals surface area (Å²) in [7, 11) is 11.2. The van der Waals surface area contributed by atoms with Gasteiger partial charge in [0, 0.05) is 121 Å². The predicted molar refractivity (Wildman–Crippen MR) is 491 cm³/mol. The molecule has 0 saturated carbocycles. The molecule has 6 aromatic heterocycles. The first-order chi connectivity index (χ1) is 51.6. The van der Waals surface area contributed by atoms with Crippen molar-refractivity contribution >= 4 is 33.3 Å². The molecule has 6 heterocycles. The second-order valence-corrected chi connectivity index (χ2v) is 28.7. The number of nitrogens with zero attached hydrogens (tertiary/aromatic N) is 11. The van der Waals surface area contributed by atoms with E-state index in [0.717, 1.165) is 28.2 Å². The second kappa shape index (κ2) is 87.4. The quantitative estimate of drug-likeness (QED) is 0.119. The molecule has 0 aliphatic carbocycles. The van der Waals surface area contributed by atoms with Gasteiger partial charge < -0.3 is 24.0 Å². The van der Waals surface area contributed by atoms with Gasteiger partial charge in [0.2, 0.25) is 5.88 Å². The maximum Gasteiger partial charge on any atom is 0.271 e. The van der Waals surface area contributed by atoms with Crippen LogP contribution >= 0.6 is 0 Å². The predicted octanol–water partition coefficient (Wildman–Crippen LogP) is 26.7. The normalized spacial score (nSPS) is 9.07. The summed E-state index contributed by atoms with van der Waals surface area (Å²) in [6.45, 7) is 78.6. The number of rotatable bonds is 11. The zero-order valence-corrected chi connectivity index (χ0v) is 81.5. The standard InChI is InChI=1S/2C12H18N2O2.C11H16N2O.C10H16N2OS.C9H13N.C8H12N2.6C3H8.6C2H6/c1-8(2)9-6-10(12(15)14(3)4)11(16-5)13-7-9;1-8(2)9-6-10(11(15)13(3)4)12(16)14(5)7-9;1-8(2)9-5-6-10(12-7-9)11(14)13(3)4;1-8(2)9-5-6-10(11-7-9)12-14(3,4)13;1-7(2)9-5-4-8(3)10-6-9;1-6(2)8-4-9-7(3)10-5-8;6*1-3-2;6*1-2/h2*6-8H,1-5H3;2*5-8H,1-4H3;4-7H,1-3H3;4-6H,1-3H3;6*3H2,1-2H3;6*1-2H3. The third-order valence-corrected chi connectivity index (χ3v) is 12.4. The fourth-order valence-electron chi connectivity index (χ4n) is 6.43. The van der Waals surface area contributed by atoms with Crippen LogP contribution < -0.4 is 10.3 Å². The van der Waals surface area contributed by atoms with Gasteiger partial charge in [-0.3, -0.25) is 29.1 Å². The molecule has 18 heteroatoms. The SMILES string of the molecule is CC.CC.CC.CC.CC.CC.CC(C)c1cc(C(=O)N(C)C)c(=O)n(C)c1.CC(C)c1ccc(C(=O)N(C)C)nc1.CC(C)c1ccc(N=S(C)(C)=O)nc1.CCC.CCC.CCC.CCC.CCC.CCC.COc1ncc(C(C)C)cc1C(=O)N(C)C.Cc1ccc(C(C)C)cn1.Cc1ncc(C(C)C)cn1. The molecule has 6 rings (SSSR count). The van der Waals surface area contributed by atoms with Crippen molar-refractivity contribution in [3.63, 3.8) is 0 Å². The largest absolute Gasteiger partial charge is 0.480 e. The first-order valence-electron chi connectivity index (χ1n) is 41.3. The molecule has 0 radical (unpaired) electrons. The van der Waals surface area contributed by atoms with E-state index in [9.17, 15) is 23.4 Å². The molecule has 17 nitrogen and oxygen atoms in total. The van der Waals surface area contributed by atoms with E-state index in [-0.39, 0.29) is 28.8 Å². The lowest BCUT2D eigenvalue weighted by Gasteiger charge is -2.14. The Labute approximate surface area is 682 Å². The van der Waals surface area contributed by atoms with Crippen molar-refractivity contribution in [3.05, 3.63) is 164 Å². The summed E-state index contributed by atoms with van der Waals surface area (Å²) in [6.07, 6.45) is 23.5. The Morgan fingerprint density at radius 1 is 0.409 bits per heavy atom. The maximum absolute atomic E-state index is 11.9. The molecule has 642 valence electrons. The summed E-state index contributed by atoms with van der Waals surface area (Å²) >= 11 is 0. The van der Waals surface area contributed by atoms with Gasteiger partial charge in [0.05, 0.1) is 7.11 Å². The van der Waals surface area contributed by atoms with Gasteiger partial charge in [0.25, 0.3) is 23.3 Å². The van der Waals surface area contributed by atoms with Crippen LogP contribution in [0.2, 0.25) is 0 Å². The van der Waals surface area contributed by atoms with E-state index in [2.05, 4.69) is 199 Å². The maximum atomic E-state index is 11.9. The minimum Gasteiger partial charge on any atom is -0.480 e. The van der Waals surface area contributed by atoms with Crippen molar-refractivity contribution in [1.82, 2.24) is 49.2 Å². The summed E-state index contributed by atoms with van der Waals surface area (Å²) in [5.41, 5.74) is 8.95. The summed E-state index contributed by atoms with van der Waals surface area (Å²) in [4.78, 5) is 76.3. The number of hydrogen-bond acceptors (Lipinski definition) is 13. The lowest BCUT2D eigenvalue weighted by molar-refractivity contribution is 0.0815. The Bertz CT molecular complexity index is 3080. The molecule has 0 unspecified atom stereocenters. The highest BCUT2D eigenvalue weighted by molar-refractivity contribution is 7.92. The fourth-order valence-corrected chi connectivity index (χ4v) is 6.99. The Balaban J connectivity index is -0.0000000980. The smallest absolute Gasteiger partial charge is 0.271 e. The Kier molecular flexibility index (Phi) is 103. The minimum atomic E-state index is -2.10. The fraction of sp³-hybridized carbons (Fsp3) is 0.652. The number of aromatic nitrogens is 7. The molecule has 110 heavy (non-hydrogen) atoms. The van der Waals surface area contributed by atoms with E-state index < -0.39 is 9.73 Å². The van der Waals surface area contributed by atoms with Crippen molar-refractivity contribution in [2.45, 2.75) is 337 Å². The van der Waals surface area contributed by atoms with Gasteiger partial charge in [0.1, 0.15) is 22.6 Å². The van der Waals surface area contributed by atoms with Gasteiger partial charge >= 0.3 is 0 Å². The van der Waals surface area contributed by atoms with Gasteiger partial charge in [-0.2, -0.15) is 4.36 Å². The molecule has 0 spiro atoms. The number of methoxy groups -OCH3 is 1. The van der Waals surface area contributed by atoms with Crippen LogP contribution in [-0.4, -0.2) is 133 Å². The second-order valence-electron chi connectivity index (χ2n) is 26.2. The van der Waals surface area contributed by atoms with Crippen LogP contribution in [-0.2, 0) is 16.8 Å². The Morgan fingerprint density at radius 3 is 0.973 bits per heavy atom. The molecule has 0 bridgehead atoms. The van der Waals surface area contributed by atoms with Crippen molar-refractivity contribution in [2.75, 3.05) is 61.9 Å². The first-order valence-corrected chi connectivity index (χ1v) is 43.6. The molecular formula is C92H177N11O6S. The van der Waals surface area contributed by atoms with E-state index in [1.807, 2.05) is 154 Å². The third-order valence-electron chi connectivity index (χ3n) is 11.8. The number of hydrogen-bond donors (Lipinski definition) is 0. The molecule has 0 fully saturated rings. The molecule has 0 aromatic carbocycles. The highest BCUT2D eigenvalue weighted by Crippen LogP contribution is 2.23. The van der Waals surface area contributed by atoms with E-state index in [4.69, 9.17) is 4.74 Å². The van der Waals surface area contributed by atoms with Crippen LogP contribution in [0, 0.1) is 13.8 Å². The van der Waals surface area contributed by atoms with Crippen LogP contribution in [0.4, 0.5) is 5.82 Å². The van der Waals surface area contributed by atoms with Crippen LogP contribution in [0.5, 0.6) is 5.88 Å². The molecule has 0 atom stereocenters. The van der Waals surface area contributed by atoms with Gasteiger partial charge in [-0.25, -0.2) is 24.1 Å². The number of carbonyl (C=O) groups excluding carboxylic acids is 3. The number of aryl methyl sites for hydroxylation is 3. The zero-order valence-electron chi connectivity index (χ0n) is 80.6. The van der Waals surface area contributed by atoms with Gasteiger partial charge in [-0.1, -0.05) is 306 Å². The van der Waals surface area contributed by atoms with Crippen molar-refractivity contribution < 1.29 is 23.3 Å². The Hall–Kier alpha value is -7.21. The third kappa shape index (κ3) is 73.6. The first kappa shape index (κ1) is 129. The van der Waals surface area contributed by atoms with E-state index >= 15 is 0 Å². The van der Waals surface area contributed by atoms with Gasteiger partial charge in [-0.05, 0) is 113 Å². The van der Waals surface area contributed by atoms with Crippen LogP contribution in [0.15, 0.2) is 101 Å². The topological polar surface area (TPSA) is 199 Å². The number of ether oxygens (including phenoxy) is 1. The van der Waals surface area contributed by atoms with Crippen molar-refractivity contribution in [2.24, 2.45) is 11.4 Å². The molecule has 3 amide bonds. The van der Waals surface area contributed by atoms with E-state index in [1.54, 1.807) is 98.8 Å². The lowest BCUT2D eigenvalue weighted by atomic mass is 10.0. The minimum absolute atomic E-state index is 0.0553. The molecular weight excluding hydrogens is 1390 g/mol. The average molecular weight is 1570 g/mol. The number of carbonyl (C=O) groups is 3. The van der Waals surface area contributed by atoms with Crippen LogP contribution in [0.3, 0.4) is 0 Å². The van der Waals surface area contributed by atoms with Crippen LogP contribution in [0.1, 0.15) is 399 Å². The molecule has 0 N–H and O–H groups in total. The monoisotopic (exact) mass is 1560 g/mol. The van der Waals surface area contributed by atoms with E-state index in [0.29, 0.717) is 58.5 Å². The highest BCUT2D eigenvalue weighted by Gasteiger charge is 2.18. The average Bonchev–Trinajstić information content (AvgIpc) is 0.843. The summed E-state index contributed by atoms with van der Waals surface area (Å²) in [5.74, 6) is 4.03. The number of amides is 3. The van der Waals surface area contributed by atoms with Gasteiger partial charge in [0.15, 0.2) is 5.82 Å². The van der Waals surface area contributed by atoms with Gasteiger partial charge in [-0.15, -0.1) is 0 Å². The Morgan fingerprint density at radius 2 is 0.700 bits per heavy atom. The lowest BCUT2D eigenvalue weighted by Crippen LogP contribution is -2.31. The summed E-state index contributed by atoms with van der Waals surface area (Å²) in [6, 6.07) is 15.2. The summed E-state index contributed by atoms with van der Waals surface area (Å²) < 4.78 is 21.9.